The highest BCUT2D eigenvalue weighted by Crippen LogP contribution is 2.28. The molecular weight excluding hydrogens is 240 g/mol. The molecule has 4 unspecified atom stereocenters. The van der Waals surface area contributed by atoms with Crippen molar-refractivity contribution < 1.29 is 18.3 Å². The van der Waals surface area contributed by atoms with E-state index in [2.05, 4.69) is 10.1 Å². The van der Waals surface area contributed by atoms with E-state index in [0.29, 0.717) is 6.42 Å². The maximum Gasteiger partial charge on any atom is 0.345 e. The highest BCUT2D eigenvalue weighted by Gasteiger charge is 2.40. The molecule has 0 radical (unpaired) electrons. The number of nitrogens with one attached hydrogen (secondary N) is 1. The first kappa shape index (κ1) is 15.5. The molecule has 1 saturated heterocycles. The van der Waals surface area contributed by atoms with Crippen molar-refractivity contribution in [2.45, 2.75) is 65.8 Å². The summed E-state index contributed by atoms with van der Waals surface area (Å²) in [7, 11) is 0. The predicted molar refractivity (Wildman–Crippen MR) is 65.5 cm³/mol. The lowest BCUT2D eigenvalue weighted by atomic mass is 9.77. The number of ether oxygens (including phenoxy) is 1. The maximum atomic E-state index is 12.3. The second-order valence-corrected chi connectivity index (χ2v) is 6.20. The second-order valence-electron chi connectivity index (χ2n) is 6.20. The van der Waals surface area contributed by atoms with E-state index in [0.717, 1.165) is 0 Å². The predicted octanol–water partition coefficient (Wildman–Crippen LogP) is 2.60. The van der Waals surface area contributed by atoms with Crippen LogP contribution in [0.3, 0.4) is 0 Å². The van der Waals surface area contributed by atoms with Crippen molar-refractivity contribution in [1.82, 2.24) is 5.32 Å². The first-order valence-electron chi connectivity index (χ1n) is 6.37. The SMILES string of the molecule is CC1CC(OC(F)F)C(C)NC1C(=O)C(C)(C)C. The number of rotatable bonds is 3. The van der Waals surface area contributed by atoms with E-state index in [-0.39, 0.29) is 23.8 Å². The van der Waals surface area contributed by atoms with Gasteiger partial charge in [0.15, 0.2) is 5.78 Å². The van der Waals surface area contributed by atoms with E-state index in [4.69, 9.17) is 0 Å². The smallest absolute Gasteiger partial charge is 0.318 e. The number of halogens is 2. The zero-order valence-electron chi connectivity index (χ0n) is 11.7. The summed E-state index contributed by atoms with van der Waals surface area (Å²) in [6, 6.07) is -0.524. The summed E-state index contributed by atoms with van der Waals surface area (Å²) in [5.41, 5.74) is -0.429. The standard InChI is InChI=1S/C13H23F2NO2/c1-7-6-9(18-12(14)15)8(2)16-10(7)11(17)13(3,4)5/h7-10,12,16H,6H2,1-5H3. The first-order valence-corrected chi connectivity index (χ1v) is 6.37. The number of ketones is 1. The van der Waals surface area contributed by atoms with Gasteiger partial charge in [0.25, 0.3) is 0 Å². The third kappa shape index (κ3) is 3.72. The molecule has 5 heteroatoms. The van der Waals surface area contributed by atoms with Crippen molar-refractivity contribution in [2.24, 2.45) is 11.3 Å². The van der Waals surface area contributed by atoms with Crippen molar-refractivity contribution in [1.29, 1.82) is 0 Å². The molecule has 0 aliphatic carbocycles. The Morgan fingerprint density at radius 2 is 1.89 bits per heavy atom. The lowest BCUT2D eigenvalue weighted by Gasteiger charge is -2.40. The van der Waals surface area contributed by atoms with Gasteiger partial charge in [0.1, 0.15) is 0 Å². The van der Waals surface area contributed by atoms with E-state index in [1.54, 1.807) is 6.92 Å². The van der Waals surface area contributed by atoms with Gasteiger partial charge in [-0.05, 0) is 19.3 Å². The lowest BCUT2D eigenvalue weighted by Crippen LogP contribution is -2.58. The maximum absolute atomic E-state index is 12.3. The molecule has 0 aromatic carbocycles. The minimum absolute atomic E-state index is 0.00308. The van der Waals surface area contributed by atoms with Crippen LogP contribution in [0, 0.1) is 11.3 Å². The Hall–Kier alpha value is -0.550. The Morgan fingerprint density at radius 3 is 2.33 bits per heavy atom. The molecule has 1 N–H and O–H groups in total. The zero-order valence-corrected chi connectivity index (χ0v) is 11.7. The first-order chi connectivity index (χ1) is 8.12. The third-order valence-electron chi connectivity index (χ3n) is 3.47. The molecule has 106 valence electrons. The van der Waals surface area contributed by atoms with Crippen LogP contribution < -0.4 is 5.32 Å². The van der Waals surface area contributed by atoms with E-state index in [1.165, 1.54) is 0 Å². The average molecular weight is 263 g/mol. The Morgan fingerprint density at radius 1 is 1.33 bits per heavy atom. The van der Waals surface area contributed by atoms with Crippen LogP contribution >= 0.6 is 0 Å². The van der Waals surface area contributed by atoms with Gasteiger partial charge in [-0.15, -0.1) is 0 Å². The van der Waals surface area contributed by atoms with Crippen LogP contribution in [0.25, 0.3) is 0 Å². The fourth-order valence-electron chi connectivity index (χ4n) is 2.37. The number of carbonyl (C=O) groups excluding carboxylic acids is 1. The highest BCUT2D eigenvalue weighted by molar-refractivity contribution is 5.89. The van der Waals surface area contributed by atoms with Crippen LogP contribution in [-0.4, -0.2) is 30.6 Å². The van der Waals surface area contributed by atoms with Gasteiger partial charge in [-0.1, -0.05) is 27.7 Å². The van der Waals surface area contributed by atoms with E-state index < -0.39 is 18.1 Å². The summed E-state index contributed by atoms with van der Waals surface area (Å²) in [4.78, 5) is 12.3. The molecule has 4 atom stereocenters. The van der Waals surface area contributed by atoms with Crippen LogP contribution in [0.5, 0.6) is 0 Å². The molecule has 1 aliphatic heterocycles. The Bertz CT molecular complexity index is 302. The second kappa shape index (κ2) is 5.61. The molecule has 1 heterocycles. The molecule has 0 amide bonds. The summed E-state index contributed by atoms with van der Waals surface area (Å²) < 4.78 is 29.1. The van der Waals surface area contributed by atoms with Gasteiger partial charge in [-0.3, -0.25) is 4.79 Å². The summed E-state index contributed by atoms with van der Waals surface area (Å²) in [6.07, 6.45) is -0.0608. The molecule has 0 spiro atoms. The topological polar surface area (TPSA) is 38.3 Å². The fourth-order valence-corrected chi connectivity index (χ4v) is 2.37. The monoisotopic (exact) mass is 263 g/mol. The van der Waals surface area contributed by atoms with E-state index >= 15 is 0 Å². The van der Waals surface area contributed by atoms with Gasteiger partial charge >= 0.3 is 6.61 Å². The minimum Gasteiger partial charge on any atom is -0.318 e. The highest BCUT2D eigenvalue weighted by atomic mass is 19.3. The van der Waals surface area contributed by atoms with Gasteiger partial charge in [0.2, 0.25) is 0 Å². The van der Waals surface area contributed by atoms with Crippen LogP contribution in [0.1, 0.15) is 41.0 Å². The van der Waals surface area contributed by atoms with Crippen LogP contribution in [-0.2, 0) is 9.53 Å². The summed E-state index contributed by atoms with van der Waals surface area (Å²) >= 11 is 0. The molecule has 0 aromatic rings. The molecule has 1 aliphatic rings. The number of hydrogen-bond acceptors (Lipinski definition) is 3. The lowest BCUT2D eigenvalue weighted by molar-refractivity contribution is -0.181. The largest absolute Gasteiger partial charge is 0.345 e. The fraction of sp³-hybridized carbons (Fsp3) is 0.923. The van der Waals surface area contributed by atoms with E-state index in [1.807, 2.05) is 27.7 Å². The number of carbonyl (C=O) groups is 1. The van der Waals surface area contributed by atoms with Crippen LogP contribution in [0.4, 0.5) is 8.78 Å². The van der Waals surface area contributed by atoms with Gasteiger partial charge < -0.3 is 10.1 Å². The summed E-state index contributed by atoms with van der Waals surface area (Å²) in [5, 5.41) is 3.12. The molecule has 3 nitrogen and oxygen atoms in total. The Labute approximate surface area is 107 Å². The number of piperidine rings is 1. The van der Waals surface area contributed by atoms with Crippen molar-refractivity contribution in [3.8, 4) is 0 Å². The van der Waals surface area contributed by atoms with Crippen LogP contribution in [0.15, 0.2) is 0 Å². The molecule has 1 rings (SSSR count). The summed E-state index contributed by atoms with van der Waals surface area (Å²) in [5.74, 6) is 0.119. The molecule has 1 fully saturated rings. The van der Waals surface area contributed by atoms with Gasteiger partial charge in [-0.2, -0.15) is 8.78 Å². The number of hydrogen-bond donors (Lipinski definition) is 1. The quantitative estimate of drug-likeness (QED) is 0.850. The van der Waals surface area contributed by atoms with Crippen molar-refractivity contribution >= 4 is 5.78 Å². The molecule has 0 aromatic heterocycles. The molecular formula is C13H23F2NO2. The van der Waals surface area contributed by atoms with E-state index in [9.17, 15) is 13.6 Å². The minimum atomic E-state index is -2.76. The van der Waals surface area contributed by atoms with Crippen LogP contribution in [0.2, 0.25) is 0 Å². The Balaban J connectivity index is 2.70. The van der Waals surface area contributed by atoms with Crippen molar-refractivity contribution in [3.05, 3.63) is 0 Å². The third-order valence-corrected chi connectivity index (χ3v) is 3.47. The van der Waals surface area contributed by atoms with Crippen molar-refractivity contribution in [3.63, 3.8) is 0 Å². The average Bonchev–Trinajstić information content (AvgIpc) is 2.20. The molecule has 18 heavy (non-hydrogen) atoms. The number of Topliss-reactive ketones (excluding diaryl/α,β-unsaturated/α-hetero) is 1. The van der Waals surface area contributed by atoms with Crippen molar-refractivity contribution in [2.75, 3.05) is 0 Å². The zero-order chi connectivity index (χ0) is 14.1. The van der Waals surface area contributed by atoms with Gasteiger partial charge in [0, 0.05) is 11.5 Å². The normalized spacial score (nSPS) is 33.8. The number of alkyl halides is 2. The summed E-state index contributed by atoms with van der Waals surface area (Å²) in [6.45, 7) is 6.53. The molecule has 0 bridgehead atoms. The Kier molecular flexibility index (Phi) is 4.84. The molecule has 0 saturated carbocycles. The van der Waals surface area contributed by atoms with Gasteiger partial charge in [-0.25, -0.2) is 0 Å². The van der Waals surface area contributed by atoms with Gasteiger partial charge in [0.05, 0.1) is 12.1 Å².